The molecule has 1 atom stereocenters. The Morgan fingerprint density at radius 3 is 2.57 bits per heavy atom. The van der Waals surface area contributed by atoms with Gasteiger partial charge in [-0.15, -0.1) is 0 Å². The van der Waals surface area contributed by atoms with E-state index >= 15 is 0 Å². The molecule has 2 aromatic rings. The van der Waals surface area contributed by atoms with Gasteiger partial charge in [0.2, 0.25) is 0 Å². The minimum absolute atomic E-state index is 0.160. The molecule has 1 unspecified atom stereocenters. The summed E-state index contributed by atoms with van der Waals surface area (Å²) in [6, 6.07) is 12.2. The van der Waals surface area contributed by atoms with Crippen LogP contribution in [0.5, 0.6) is 5.75 Å². The number of carbonyl (C=O) groups excluding carboxylic acids is 1. The molecular weight excluding hydrogens is 264 g/mol. The third kappa shape index (κ3) is 2.99. The van der Waals surface area contributed by atoms with Gasteiger partial charge in [0, 0.05) is 18.3 Å². The Labute approximate surface area is 124 Å². The third-order valence-electron chi connectivity index (χ3n) is 3.73. The first-order chi connectivity index (χ1) is 9.91. The van der Waals surface area contributed by atoms with Gasteiger partial charge in [-0.2, -0.15) is 0 Å². The lowest BCUT2D eigenvalue weighted by atomic mass is 10.0. The molecule has 0 bridgehead atoms. The number of aryl methyl sites for hydroxylation is 1. The molecule has 4 heteroatoms. The summed E-state index contributed by atoms with van der Waals surface area (Å²) in [6.45, 7) is 3.79. The molecule has 0 fully saturated rings. The highest BCUT2D eigenvalue weighted by molar-refractivity contribution is 5.99. The molecule has 4 nitrogen and oxygen atoms in total. The molecule has 0 aliphatic heterocycles. The number of phenolic OH excluding ortho intramolecular Hbond substituents is 1. The Morgan fingerprint density at radius 2 is 1.90 bits per heavy atom. The number of benzene rings is 2. The molecule has 1 amide bonds. The number of carbonyl (C=O) groups is 1. The van der Waals surface area contributed by atoms with Gasteiger partial charge >= 0.3 is 0 Å². The SMILES string of the molecule is Cc1ccc(N)c(C(=O)N(C)C(C)c2ccccc2O)c1. The third-order valence-corrected chi connectivity index (χ3v) is 3.73. The highest BCUT2D eigenvalue weighted by Crippen LogP contribution is 2.29. The van der Waals surface area contributed by atoms with Crippen LogP contribution in [0.1, 0.15) is 34.5 Å². The Bertz CT molecular complexity index is 668. The fraction of sp³-hybridized carbons (Fsp3) is 0.235. The normalized spacial score (nSPS) is 12.0. The summed E-state index contributed by atoms with van der Waals surface area (Å²) in [5.41, 5.74) is 8.54. The second-order valence-corrected chi connectivity index (χ2v) is 5.24. The van der Waals surface area contributed by atoms with E-state index in [0.29, 0.717) is 16.8 Å². The van der Waals surface area contributed by atoms with Crippen molar-refractivity contribution in [3.8, 4) is 5.75 Å². The van der Waals surface area contributed by atoms with Crippen molar-refractivity contribution in [3.05, 3.63) is 59.2 Å². The summed E-state index contributed by atoms with van der Waals surface area (Å²) in [5.74, 6) is 0.0221. The highest BCUT2D eigenvalue weighted by atomic mass is 16.3. The van der Waals surface area contributed by atoms with Crippen LogP contribution in [-0.4, -0.2) is 23.0 Å². The smallest absolute Gasteiger partial charge is 0.256 e. The molecule has 0 aromatic heterocycles. The molecule has 0 spiro atoms. The van der Waals surface area contributed by atoms with Gasteiger partial charge in [-0.3, -0.25) is 4.79 Å². The molecule has 2 aromatic carbocycles. The van der Waals surface area contributed by atoms with Crippen molar-refractivity contribution in [2.75, 3.05) is 12.8 Å². The van der Waals surface area contributed by atoms with Crippen molar-refractivity contribution >= 4 is 11.6 Å². The molecule has 2 rings (SSSR count). The van der Waals surface area contributed by atoms with Crippen LogP contribution in [0, 0.1) is 6.92 Å². The fourth-order valence-electron chi connectivity index (χ4n) is 2.27. The van der Waals surface area contributed by atoms with E-state index in [9.17, 15) is 9.90 Å². The molecule has 3 N–H and O–H groups in total. The summed E-state index contributed by atoms with van der Waals surface area (Å²) in [6.07, 6.45) is 0. The zero-order valence-corrected chi connectivity index (χ0v) is 12.5. The minimum Gasteiger partial charge on any atom is -0.508 e. The number of anilines is 1. The zero-order valence-electron chi connectivity index (χ0n) is 12.5. The number of rotatable bonds is 3. The largest absolute Gasteiger partial charge is 0.508 e. The van der Waals surface area contributed by atoms with Crippen LogP contribution in [0.15, 0.2) is 42.5 Å². The Kier molecular flexibility index (Phi) is 4.17. The van der Waals surface area contributed by atoms with Gasteiger partial charge in [0.1, 0.15) is 5.75 Å². The lowest BCUT2D eigenvalue weighted by molar-refractivity contribution is 0.0742. The maximum Gasteiger partial charge on any atom is 0.256 e. The van der Waals surface area contributed by atoms with E-state index in [1.54, 1.807) is 36.2 Å². The van der Waals surface area contributed by atoms with Gasteiger partial charge in [-0.05, 0) is 32.0 Å². The van der Waals surface area contributed by atoms with E-state index in [1.807, 2.05) is 32.0 Å². The first-order valence-electron chi connectivity index (χ1n) is 6.83. The fourth-order valence-corrected chi connectivity index (χ4v) is 2.27. The number of para-hydroxylation sites is 1. The molecule has 21 heavy (non-hydrogen) atoms. The molecule has 0 aliphatic carbocycles. The lowest BCUT2D eigenvalue weighted by Crippen LogP contribution is -2.30. The van der Waals surface area contributed by atoms with Gasteiger partial charge in [0.25, 0.3) is 5.91 Å². The van der Waals surface area contributed by atoms with Crippen LogP contribution in [0.3, 0.4) is 0 Å². The molecule has 0 aliphatic rings. The van der Waals surface area contributed by atoms with E-state index in [1.165, 1.54) is 0 Å². The number of nitrogens with two attached hydrogens (primary N) is 1. The summed E-state index contributed by atoms with van der Waals surface area (Å²) < 4.78 is 0. The number of phenols is 1. The predicted octanol–water partition coefficient (Wildman–Crippen LogP) is 3.12. The highest BCUT2D eigenvalue weighted by Gasteiger charge is 2.22. The number of nitrogen functional groups attached to an aromatic ring is 1. The lowest BCUT2D eigenvalue weighted by Gasteiger charge is -2.26. The van der Waals surface area contributed by atoms with Crippen molar-refractivity contribution in [1.29, 1.82) is 0 Å². The van der Waals surface area contributed by atoms with E-state index < -0.39 is 0 Å². The molecule has 0 saturated carbocycles. The van der Waals surface area contributed by atoms with Crippen LogP contribution < -0.4 is 5.73 Å². The maximum absolute atomic E-state index is 12.6. The van der Waals surface area contributed by atoms with Crippen molar-refractivity contribution in [1.82, 2.24) is 4.90 Å². The van der Waals surface area contributed by atoms with Crippen molar-refractivity contribution < 1.29 is 9.90 Å². The number of aromatic hydroxyl groups is 1. The number of nitrogens with zero attached hydrogens (tertiary/aromatic N) is 1. The summed E-state index contributed by atoms with van der Waals surface area (Å²) >= 11 is 0. The van der Waals surface area contributed by atoms with Crippen molar-refractivity contribution in [3.63, 3.8) is 0 Å². The van der Waals surface area contributed by atoms with Crippen LogP contribution >= 0.6 is 0 Å². The Balaban J connectivity index is 2.31. The topological polar surface area (TPSA) is 66.6 Å². The summed E-state index contributed by atoms with van der Waals surface area (Å²) in [7, 11) is 1.71. The maximum atomic E-state index is 12.6. The summed E-state index contributed by atoms with van der Waals surface area (Å²) in [5, 5.41) is 9.92. The molecule has 110 valence electrons. The van der Waals surface area contributed by atoms with E-state index in [2.05, 4.69) is 0 Å². The van der Waals surface area contributed by atoms with Crippen LogP contribution in [0.25, 0.3) is 0 Å². The van der Waals surface area contributed by atoms with E-state index in [0.717, 1.165) is 5.56 Å². The second kappa shape index (κ2) is 5.87. The quantitative estimate of drug-likeness (QED) is 0.851. The first kappa shape index (κ1) is 14.9. The zero-order chi connectivity index (χ0) is 15.6. The van der Waals surface area contributed by atoms with Gasteiger partial charge in [0.15, 0.2) is 0 Å². The van der Waals surface area contributed by atoms with Crippen LogP contribution in [-0.2, 0) is 0 Å². The van der Waals surface area contributed by atoms with Gasteiger partial charge < -0.3 is 15.7 Å². The minimum atomic E-state index is -0.251. The van der Waals surface area contributed by atoms with Crippen molar-refractivity contribution in [2.24, 2.45) is 0 Å². The average Bonchev–Trinajstić information content (AvgIpc) is 2.48. The van der Waals surface area contributed by atoms with Crippen LogP contribution in [0.2, 0.25) is 0 Å². The van der Waals surface area contributed by atoms with E-state index in [-0.39, 0.29) is 17.7 Å². The Morgan fingerprint density at radius 1 is 1.24 bits per heavy atom. The van der Waals surface area contributed by atoms with Gasteiger partial charge in [-0.1, -0.05) is 29.8 Å². The monoisotopic (exact) mass is 284 g/mol. The standard InChI is InChI=1S/C17H20N2O2/c1-11-8-9-15(18)14(10-11)17(21)19(3)12(2)13-6-4-5-7-16(13)20/h4-10,12,20H,18H2,1-3H3. The summed E-state index contributed by atoms with van der Waals surface area (Å²) in [4.78, 5) is 14.2. The van der Waals surface area contributed by atoms with Crippen molar-refractivity contribution in [2.45, 2.75) is 19.9 Å². The number of hydrogen-bond donors (Lipinski definition) is 2. The average molecular weight is 284 g/mol. The molecule has 0 saturated heterocycles. The van der Waals surface area contributed by atoms with Gasteiger partial charge in [0.05, 0.1) is 11.6 Å². The van der Waals surface area contributed by atoms with E-state index in [4.69, 9.17) is 5.73 Å². The number of amides is 1. The molecular formula is C17H20N2O2. The first-order valence-corrected chi connectivity index (χ1v) is 6.83. The number of hydrogen-bond acceptors (Lipinski definition) is 3. The predicted molar refractivity (Wildman–Crippen MR) is 84.2 cm³/mol. The van der Waals surface area contributed by atoms with Crippen LogP contribution in [0.4, 0.5) is 5.69 Å². The Hall–Kier alpha value is -2.49. The molecule has 0 radical (unpaired) electrons. The molecule has 0 heterocycles. The van der Waals surface area contributed by atoms with Gasteiger partial charge in [-0.25, -0.2) is 0 Å². The second-order valence-electron chi connectivity index (χ2n) is 5.24.